The average Bonchev–Trinajstić information content (AvgIpc) is 3.47. The van der Waals surface area contributed by atoms with Crippen LogP contribution in [-0.2, 0) is 6.54 Å². The summed E-state index contributed by atoms with van der Waals surface area (Å²) in [5.74, 6) is 1.09. The van der Waals surface area contributed by atoms with E-state index in [1.807, 2.05) is 54.6 Å². The van der Waals surface area contributed by atoms with Gasteiger partial charge in [-0.1, -0.05) is 24.3 Å². The Morgan fingerprint density at radius 2 is 1.82 bits per heavy atom. The Labute approximate surface area is 195 Å². The third-order valence-electron chi connectivity index (χ3n) is 5.53. The lowest BCUT2D eigenvalue weighted by molar-refractivity contribution is 0.0937. The van der Waals surface area contributed by atoms with E-state index in [0.717, 1.165) is 39.2 Å². The minimum Gasteiger partial charge on any atom is -0.454 e. The smallest absolute Gasteiger partial charge is 0.271 e. The van der Waals surface area contributed by atoms with E-state index in [2.05, 4.69) is 15.8 Å². The second-order valence-corrected chi connectivity index (χ2v) is 7.81. The van der Waals surface area contributed by atoms with Crippen molar-refractivity contribution < 1.29 is 19.1 Å². The molecule has 0 bridgehead atoms. The van der Waals surface area contributed by atoms with Crippen LogP contribution in [0.1, 0.15) is 33.2 Å². The van der Waals surface area contributed by atoms with E-state index in [1.165, 1.54) is 6.92 Å². The van der Waals surface area contributed by atoms with Crippen molar-refractivity contribution in [1.82, 2.24) is 9.99 Å². The molecular formula is C26H22N4O4. The first-order valence-electron chi connectivity index (χ1n) is 10.8. The summed E-state index contributed by atoms with van der Waals surface area (Å²) in [5.41, 5.74) is 6.51. The molecule has 1 aliphatic rings. The number of nitrogens with one attached hydrogen (secondary N) is 2. The monoisotopic (exact) mass is 454 g/mol. The van der Waals surface area contributed by atoms with Crippen LogP contribution in [0.5, 0.6) is 11.5 Å². The lowest BCUT2D eigenvalue weighted by Crippen LogP contribution is -2.17. The van der Waals surface area contributed by atoms with Gasteiger partial charge in [-0.25, -0.2) is 5.43 Å². The van der Waals surface area contributed by atoms with Gasteiger partial charge in [0.2, 0.25) is 12.7 Å². The van der Waals surface area contributed by atoms with Crippen molar-refractivity contribution in [2.75, 3.05) is 12.1 Å². The maximum atomic E-state index is 12.5. The van der Waals surface area contributed by atoms with Crippen LogP contribution in [0, 0.1) is 0 Å². The van der Waals surface area contributed by atoms with Gasteiger partial charge in [0.1, 0.15) is 0 Å². The molecule has 0 radical (unpaired) electrons. The molecule has 4 aromatic rings. The second kappa shape index (κ2) is 9.11. The summed E-state index contributed by atoms with van der Waals surface area (Å²) < 4.78 is 12.3. The number of benzene rings is 3. The Hall–Kier alpha value is -4.59. The third-order valence-corrected chi connectivity index (χ3v) is 5.53. The number of para-hydroxylation sites is 1. The van der Waals surface area contributed by atoms with Crippen molar-refractivity contribution in [2.24, 2.45) is 5.10 Å². The van der Waals surface area contributed by atoms with Gasteiger partial charge in [0.15, 0.2) is 11.5 Å². The number of fused-ring (bicyclic) bond motifs is 2. The predicted octanol–water partition coefficient (Wildman–Crippen LogP) is 4.41. The highest BCUT2D eigenvalue weighted by molar-refractivity contribution is 6.03. The van der Waals surface area contributed by atoms with E-state index in [9.17, 15) is 9.59 Å². The zero-order chi connectivity index (χ0) is 23.5. The zero-order valence-electron chi connectivity index (χ0n) is 18.4. The van der Waals surface area contributed by atoms with Crippen LogP contribution in [0.2, 0.25) is 0 Å². The van der Waals surface area contributed by atoms with Gasteiger partial charge in [-0.15, -0.1) is 0 Å². The van der Waals surface area contributed by atoms with Crippen LogP contribution in [0.25, 0.3) is 10.9 Å². The van der Waals surface area contributed by atoms with Gasteiger partial charge in [-0.05, 0) is 48.0 Å². The SMILES string of the molecule is CC(=O)n1cc(/C=N/NC(=O)c2ccc(NCc3ccc4c(c3)OCO4)cc2)c2ccccc21. The molecule has 0 atom stereocenters. The molecule has 0 spiro atoms. The van der Waals surface area contributed by atoms with Crippen molar-refractivity contribution in [2.45, 2.75) is 13.5 Å². The molecule has 5 rings (SSSR count). The zero-order valence-corrected chi connectivity index (χ0v) is 18.4. The van der Waals surface area contributed by atoms with Crippen molar-refractivity contribution in [3.8, 4) is 11.5 Å². The number of carbonyl (C=O) groups is 2. The fourth-order valence-corrected chi connectivity index (χ4v) is 3.79. The minimum atomic E-state index is -0.325. The highest BCUT2D eigenvalue weighted by atomic mass is 16.7. The van der Waals surface area contributed by atoms with Crippen LogP contribution in [-0.4, -0.2) is 29.4 Å². The molecule has 34 heavy (non-hydrogen) atoms. The molecular weight excluding hydrogens is 432 g/mol. The summed E-state index contributed by atoms with van der Waals surface area (Å²) in [7, 11) is 0. The number of aromatic nitrogens is 1. The lowest BCUT2D eigenvalue weighted by atomic mass is 10.1. The van der Waals surface area contributed by atoms with Crippen LogP contribution in [0.15, 0.2) is 78.0 Å². The number of carbonyl (C=O) groups excluding carboxylic acids is 2. The van der Waals surface area contributed by atoms with E-state index in [0.29, 0.717) is 12.1 Å². The second-order valence-electron chi connectivity index (χ2n) is 7.81. The molecule has 1 aliphatic heterocycles. The van der Waals surface area contributed by atoms with Gasteiger partial charge < -0.3 is 14.8 Å². The molecule has 2 N–H and O–H groups in total. The summed E-state index contributed by atoms with van der Waals surface area (Å²) in [6.07, 6.45) is 3.25. The Morgan fingerprint density at radius 3 is 2.65 bits per heavy atom. The molecule has 0 saturated carbocycles. The Balaban J connectivity index is 1.20. The summed E-state index contributed by atoms with van der Waals surface area (Å²) in [5, 5.41) is 8.29. The molecule has 0 aliphatic carbocycles. The van der Waals surface area contributed by atoms with Crippen molar-refractivity contribution in [3.63, 3.8) is 0 Å². The predicted molar refractivity (Wildman–Crippen MR) is 130 cm³/mol. The number of nitrogens with zero attached hydrogens (tertiary/aromatic N) is 2. The molecule has 1 aromatic heterocycles. The van der Waals surface area contributed by atoms with Crippen LogP contribution < -0.4 is 20.2 Å². The van der Waals surface area contributed by atoms with Crippen LogP contribution in [0.3, 0.4) is 0 Å². The van der Waals surface area contributed by atoms with E-state index in [4.69, 9.17) is 9.47 Å². The fourth-order valence-electron chi connectivity index (χ4n) is 3.79. The van der Waals surface area contributed by atoms with Crippen LogP contribution >= 0.6 is 0 Å². The van der Waals surface area contributed by atoms with Gasteiger partial charge in [-0.3, -0.25) is 14.2 Å². The lowest BCUT2D eigenvalue weighted by Gasteiger charge is -2.08. The average molecular weight is 454 g/mol. The highest BCUT2D eigenvalue weighted by Gasteiger charge is 2.13. The third kappa shape index (κ3) is 4.33. The standard InChI is InChI=1S/C26H22N4O4/c1-17(31)30-15-20(22-4-2-3-5-23(22)30)14-28-29-26(32)19-7-9-21(10-8-19)27-13-18-6-11-24-25(12-18)34-16-33-24/h2-12,14-15,27H,13,16H2,1H3,(H,29,32)/b28-14+. The normalized spacial score (nSPS) is 12.3. The number of rotatable bonds is 6. The van der Waals surface area contributed by atoms with Gasteiger partial charge in [0.05, 0.1) is 11.7 Å². The van der Waals surface area contributed by atoms with E-state index < -0.39 is 0 Å². The molecule has 8 nitrogen and oxygen atoms in total. The Kier molecular flexibility index (Phi) is 5.70. The molecule has 2 heterocycles. The summed E-state index contributed by atoms with van der Waals surface area (Å²) in [6, 6.07) is 20.5. The number of anilines is 1. The van der Waals surface area contributed by atoms with E-state index in [-0.39, 0.29) is 18.6 Å². The maximum absolute atomic E-state index is 12.5. The molecule has 0 saturated heterocycles. The Morgan fingerprint density at radius 1 is 1.03 bits per heavy atom. The van der Waals surface area contributed by atoms with E-state index >= 15 is 0 Å². The quantitative estimate of drug-likeness (QED) is 0.333. The highest BCUT2D eigenvalue weighted by Crippen LogP contribution is 2.32. The number of hydrogen-bond acceptors (Lipinski definition) is 6. The first-order chi connectivity index (χ1) is 16.6. The Bertz CT molecular complexity index is 1410. The summed E-state index contributed by atoms with van der Waals surface area (Å²) >= 11 is 0. The number of hydrogen-bond donors (Lipinski definition) is 2. The number of hydrazone groups is 1. The molecule has 0 fully saturated rings. The summed E-state index contributed by atoms with van der Waals surface area (Å²) in [4.78, 5) is 24.4. The molecule has 170 valence electrons. The minimum absolute atomic E-state index is 0.0906. The van der Waals surface area contributed by atoms with Crippen molar-refractivity contribution in [1.29, 1.82) is 0 Å². The number of ether oxygens (including phenoxy) is 2. The van der Waals surface area contributed by atoms with Gasteiger partial charge in [0, 0.05) is 41.9 Å². The first kappa shape index (κ1) is 21.3. The topological polar surface area (TPSA) is 94.0 Å². The maximum Gasteiger partial charge on any atom is 0.271 e. The summed E-state index contributed by atoms with van der Waals surface area (Å²) in [6.45, 7) is 2.37. The van der Waals surface area contributed by atoms with E-state index in [1.54, 1.807) is 29.1 Å². The van der Waals surface area contributed by atoms with Gasteiger partial charge in [0.25, 0.3) is 5.91 Å². The van der Waals surface area contributed by atoms with Gasteiger partial charge in [-0.2, -0.15) is 5.10 Å². The van der Waals surface area contributed by atoms with Gasteiger partial charge >= 0.3 is 0 Å². The first-order valence-corrected chi connectivity index (χ1v) is 10.8. The molecule has 8 heteroatoms. The molecule has 3 aromatic carbocycles. The van der Waals surface area contributed by atoms with Crippen LogP contribution in [0.4, 0.5) is 5.69 Å². The fraction of sp³-hybridized carbons (Fsp3) is 0.115. The van der Waals surface area contributed by atoms with Crippen molar-refractivity contribution >= 4 is 34.6 Å². The molecule has 0 unspecified atom stereocenters. The molecule has 1 amide bonds. The largest absolute Gasteiger partial charge is 0.454 e. The van der Waals surface area contributed by atoms with Crippen molar-refractivity contribution in [3.05, 3.63) is 89.6 Å². The number of amides is 1.